The van der Waals surface area contributed by atoms with Crippen LogP contribution in [0.25, 0.3) is 0 Å². The fraction of sp³-hybridized carbons (Fsp3) is 0.929. The summed E-state index contributed by atoms with van der Waals surface area (Å²) >= 11 is 0. The van der Waals surface area contributed by atoms with Crippen LogP contribution in [0.4, 0.5) is 0 Å². The van der Waals surface area contributed by atoms with Crippen molar-refractivity contribution in [1.29, 1.82) is 0 Å². The van der Waals surface area contributed by atoms with Gasteiger partial charge in [0.1, 0.15) is 79.2 Å². The average molecular weight is 747 g/mol. The molecule has 294 valence electrons. The van der Waals surface area contributed by atoms with Crippen LogP contribution in [0.15, 0.2) is 0 Å². The van der Waals surface area contributed by atoms with Crippen molar-refractivity contribution in [3.8, 4) is 0 Å². The SMILES string of the molecule is CC(=O)N[C@@H]1[C@H]2OC3(O[C@@H]4[C@@H](NC(C)=O)[C@@H](O)O[C@H](CO)[C@H]4OC4(O[C@@H]2[C@@H](CO)O[C@H]1O)O[C@@H](C)[C@@H](O)[C@@H](O)[C@@H]4O)O[C@H](CO)[C@H](O)[C@H](O)[C@H]3O. The van der Waals surface area contributed by atoms with Crippen LogP contribution in [-0.2, 0) is 47.5 Å². The van der Waals surface area contributed by atoms with Gasteiger partial charge in [0.05, 0.1) is 25.9 Å². The quantitative estimate of drug-likeness (QED) is 0.124. The third-order valence-electron chi connectivity index (χ3n) is 9.41. The minimum atomic E-state index is -3.16. The van der Waals surface area contributed by atoms with E-state index in [1.807, 2.05) is 0 Å². The molecule has 0 aromatic carbocycles. The molecule has 0 radical (unpaired) electrons. The molecule has 13 N–H and O–H groups in total. The molecule has 5 saturated heterocycles. The van der Waals surface area contributed by atoms with E-state index in [0.29, 0.717) is 0 Å². The molecule has 23 heteroatoms. The maximum Gasteiger partial charge on any atom is 0.314 e. The molecule has 0 aliphatic carbocycles. The molecule has 5 aliphatic heterocycles. The van der Waals surface area contributed by atoms with Gasteiger partial charge in [-0.3, -0.25) is 9.59 Å². The van der Waals surface area contributed by atoms with Crippen LogP contribution in [0.5, 0.6) is 0 Å². The van der Waals surface area contributed by atoms with Crippen molar-refractivity contribution in [1.82, 2.24) is 10.6 Å². The molecule has 5 aliphatic rings. The predicted octanol–water partition coefficient (Wildman–Crippen LogP) is -8.75. The summed E-state index contributed by atoms with van der Waals surface area (Å²) in [7, 11) is 0. The number of fused-ring (bicyclic) bond motifs is 2. The van der Waals surface area contributed by atoms with E-state index < -0.39 is 154 Å². The van der Waals surface area contributed by atoms with Crippen LogP contribution in [-0.4, -0.2) is 210 Å². The van der Waals surface area contributed by atoms with Crippen LogP contribution in [0, 0.1) is 0 Å². The Bertz CT molecular complexity index is 1170. The third-order valence-corrected chi connectivity index (χ3v) is 9.41. The number of rotatable bonds is 5. The molecule has 51 heavy (non-hydrogen) atoms. The van der Waals surface area contributed by atoms with E-state index in [-0.39, 0.29) is 0 Å². The van der Waals surface area contributed by atoms with Gasteiger partial charge in [0, 0.05) is 13.8 Å². The summed E-state index contributed by atoms with van der Waals surface area (Å²) in [4.78, 5) is 24.8. The number of nitrogens with one attached hydrogen (secondary N) is 2. The second kappa shape index (κ2) is 15.5. The number of carbonyl (C=O) groups is 2. The van der Waals surface area contributed by atoms with Crippen LogP contribution < -0.4 is 10.6 Å². The first-order valence-corrected chi connectivity index (χ1v) is 16.1. The third kappa shape index (κ3) is 7.36. The normalized spacial score (nSPS) is 52.0. The van der Waals surface area contributed by atoms with Crippen molar-refractivity contribution in [3.63, 3.8) is 0 Å². The Balaban J connectivity index is 1.79. The highest BCUT2D eigenvalue weighted by Gasteiger charge is 2.67. The predicted molar refractivity (Wildman–Crippen MR) is 155 cm³/mol. The molecular weight excluding hydrogens is 700 g/mol. The number of hydrogen-bond donors (Lipinski definition) is 13. The van der Waals surface area contributed by atoms with Crippen molar-refractivity contribution in [2.75, 3.05) is 19.8 Å². The molecule has 0 aromatic heterocycles. The Morgan fingerprint density at radius 1 is 0.529 bits per heavy atom. The number of aliphatic hydroxyl groups is 11. The highest BCUT2D eigenvalue weighted by atomic mass is 16.9. The monoisotopic (exact) mass is 746 g/mol. The Labute approximate surface area is 289 Å². The van der Waals surface area contributed by atoms with Gasteiger partial charge in [-0.05, 0) is 6.92 Å². The van der Waals surface area contributed by atoms with Crippen LogP contribution in [0.1, 0.15) is 20.8 Å². The first-order chi connectivity index (χ1) is 23.9. The zero-order valence-corrected chi connectivity index (χ0v) is 27.5. The van der Waals surface area contributed by atoms with Gasteiger partial charge < -0.3 is 105 Å². The summed E-state index contributed by atoms with van der Waals surface area (Å²) in [5, 5.41) is 124. The second-order valence-electron chi connectivity index (χ2n) is 13.0. The summed E-state index contributed by atoms with van der Waals surface area (Å²) in [6.45, 7) is 0.235. The summed E-state index contributed by atoms with van der Waals surface area (Å²) in [5.74, 6) is -7.80. The lowest BCUT2D eigenvalue weighted by Crippen LogP contribution is -2.78. The Morgan fingerprint density at radius 2 is 0.902 bits per heavy atom. The first-order valence-electron chi connectivity index (χ1n) is 16.1. The van der Waals surface area contributed by atoms with Crippen molar-refractivity contribution >= 4 is 11.8 Å². The number of aliphatic hydroxyl groups excluding tert-OH is 11. The number of amides is 2. The van der Waals surface area contributed by atoms with Gasteiger partial charge in [-0.1, -0.05) is 0 Å². The van der Waals surface area contributed by atoms with Crippen molar-refractivity contribution in [2.45, 2.75) is 143 Å². The van der Waals surface area contributed by atoms with E-state index in [1.54, 1.807) is 0 Å². The molecule has 20 atom stereocenters. The first kappa shape index (κ1) is 40.4. The lowest BCUT2D eigenvalue weighted by atomic mass is 9.91. The Hall–Kier alpha value is -1.82. The van der Waals surface area contributed by atoms with E-state index in [4.69, 9.17) is 37.9 Å². The molecular formula is C28H46N2O21. The largest absolute Gasteiger partial charge is 0.394 e. The van der Waals surface area contributed by atoms with Crippen LogP contribution in [0.3, 0.4) is 0 Å². The van der Waals surface area contributed by atoms with Crippen molar-refractivity contribution in [2.24, 2.45) is 0 Å². The van der Waals surface area contributed by atoms with E-state index in [9.17, 15) is 65.8 Å². The summed E-state index contributed by atoms with van der Waals surface area (Å²) < 4.78 is 47.5. The standard InChI is InChI=1S/C28H46N2O21/c1-7-15(36)17(38)23(40)27(46-7)48-19-11(5-32)44-25(42)13(29-8(2)34)21(19)50-28(24(41)18(39)16(37)10(4-31)47-28)51-22-14(30-9(3)35)26(43)45-12(6-33)20(22)49-27/h7,10-26,31-33,36-43H,4-6H2,1-3H3,(H,29,34)(H,30,35)/t7-,10+,11+,12+,13+,14+,15+,16-,17+,18-,19+,20+,21+,22+,23-,24+,25-,26+,27?,28?/m0/s1. The highest BCUT2D eigenvalue weighted by molar-refractivity contribution is 5.73. The zero-order valence-electron chi connectivity index (χ0n) is 27.5. The summed E-state index contributed by atoms with van der Waals surface area (Å²) in [5.41, 5.74) is 0. The molecule has 2 spiro atoms. The fourth-order valence-corrected chi connectivity index (χ4v) is 6.86. The number of hydrogen-bond acceptors (Lipinski definition) is 21. The summed E-state index contributed by atoms with van der Waals surface area (Å²) in [6, 6.07) is -3.55. The van der Waals surface area contributed by atoms with E-state index in [1.165, 1.54) is 6.92 Å². The molecule has 23 nitrogen and oxygen atoms in total. The van der Waals surface area contributed by atoms with Crippen LogP contribution >= 0.6 is 0 Å². The van der Waals surface area contributed by atoms with E-state index >= 15 is 0 Å². The van der Waals surface area contributed by atoms with Gasteiger partial charge in [0.2, 0.25) is 11.8 Å². The molecule has 0 aromatic rings. The van der Waals surface area contributed by atoms with Gasteiger partial charge in [-0.15, -0.1) is 0 Å². The molecule has 0 saturated carbocycles. The van der Waals surface area contributed by atoms with E-state index in [0.717, 1.165) is 13.8 Å². The molecule has 2 unspecified atom stereocenters. The number of carbonyl (C=O) groups excluding carboxylic acids is 2. The maximum absolute atomic E-state index is 12.4. The highest BCUT2D eigenvalue weighted by Crippen LogP contribution is 2.45. The second-order valence-corrected chi connectivity index (χ2v) is 13.0. The molecule has 0 bridgehead atoms. The Kier molecular flexibility index (Phi) is 12.3. The lowest BCUT2D eigenvalue weighted by molar-refractivity contribution is -0.540. The molecule has 2 amide bonds. The smallest absolute Gasteiger partial charge is 0.314 e. The average Bonchev–Trinajstić information content (AvgIpc) is 3.08. The Morgan fingerprint density at radius 3 is 1.29 bits per heavy atom. The van der Waals surface area contributed by atoms with Gasteiger partial charge in [0.15, 0.2) is 24.8 Å². The topological polar surface area (TPSA) is 355 Å². The maximum atomic E-state index is 12.4. The van der Waals surface area contributed by atoms with Gasteiger partial charge in [0.25, 0.3) is 0 Å². The minimum absolute atomic E-state index is 0.815. The summed E-state index contributed by atoms with van der Waals surface area (Å²) in [6.07, 6.45) is -31.7. The van der Waals surface area contributed by atoms with Gasteiger partial charge >= 0.3 is 11.9 Å². The van der Waals surface area contributed by atoms with Crippen LogP contribution in [0.2, 0.25) is 0 Å². The molecule has 5 heterocycles. The van der Waals surface area contributed by atoms with Crippen molar-refractivity contribution < 1.29 is 104 Å². The number of ether oxygens (including phenoxy) is 8. The van der Waals surface area contributed by atoms with E-state index in [2.05, 4.69) is 10.6 Å². The zero-order chi connectivity index (χ0) is 37.7. The molecule has 5 fully saturated rings. The van der Waals surface area contributed by atoms with Gasteiger partial charge in [-0.2, -0.15) is 0 Å². The lowest BCUT2D eigenvalue weighted by Gasteiger charge is -2.58. The molecule has 5 rings (SSSR count). The fourth-order valence-electron chi connectivity index (χ4n) is 6.86. The van der Waals surface area contributed by atoms with Gasteiger partial charge in [-0.25, -0.2) is 0 Å². The van der Waals surface area contributed by atoms with Crippen molar-refractivity contribution in [3.05, 3.63) is 0 Å². The minimum Gasteiger partial charge on any atom is -0.394 e.